The lowest BCUT2D eigenvalue weighted by Crippen LogP contribution is -2.21. The molecule has 0 aliphatic heterocycles. The Morgan fingerprint density at radius 3 is 2.89 bits per heavy atom. The molecular weight excluding hydrogens is 242 g/mol. The van der Waals surface area contributed by atoms with Crippen LogP contribution in [0.25, 0.3) is 0 Å². The smallest absolute Gasteiger partial charge is 0.0339 e. The monoisotopic (exact) mass is 263 g/mol. The van der Waals surface area contributed by atoms with Crippen LogP contribution in [0.5, 0.6) is 0 Å². The van der Waals surface area contributed by atoms with Gasteiger partial charge in [-0.05, 0) is 67.7 Å². The lowest BCUT2D eigenvalue weighted by Gasteiger charge is -2.11. The zero-order valence-corrected chi connectivity index (χ0v) is 11.7. The molecule has 0 saturated heterocycles. The molecule has 1 fully saturated rings. The molecule has 2 heteroatoms. The number of benzene rings is 1. The first kappa shape index (κ1) is 12.5. The van der Waals surface area contributed by atoms with Crippen molar-refractivity contribution in [2.75, 3.05) is 6.54 Å². The van der Waals surface area contributed by atoms with Crippen LogP contribution in [0.1, 0.15) is 42.4 Å². The molecule has 0 aromatic heterocycles. The molecule has 0 spiro atoms. The van der Waals surface area contributed by atoms with Gasteiger partial charge in [0.2, 0.25) is 0 Å². The summed E-state index contributed by atoms with van der Waals surface area (Å²) >= 11 is 6.14. The summed E-state index contributed by atoms with van der Waals surface area (Å²) in [4.78, 5) is 0. The van der Waals surface area contributed by atoms with Crippen LogP contribution < -0.4 is 5.32 Å². The van der Waals surface area contributed by atoms with Gasteiger partial charge in [-0.2, -0.15) is 0 Å². The van der Waals surface area contributed by atoms with Crippen molar-refractivity contribution in [3.8, 4) is 0 Å². The highest BCUT2D eigenvalue weighted by molar-refractivity contribution is 6.20. The minimum atomic E-state index is 0.428. The predicted molar refractivity (Wildman–Crippen MR) is 77.2 cm³/mol. The summed E-state index contributed by atoms with van der Waals surface area (Å²) in [6.45, 7) is 2.14. The first-order valence-corrected chi connectivity index (χ1v) is 7.70. The maximum Gasteiger partial charge on any atom is 0.0339 e. The average molecular weight is 264 g/mol. The van der Waals surface area contributed by atoms with Crippen LogP contribution in [0.4, 0.5) is 0 Å². The number of rotatable bonds is 4. The van der Waals surface area contributed by atoms with E-state index < -0.39 is 0 Å². The van der Waals surface area contributed by atoms with E-state index in [-0.39, 0.29) is 0 Å². The largest absolute Gasteiger partial charge is 0.312 e. The van der Waals surface area contributed by atoms with E-state index in [1.165, 1.54) is 44.1 Å². The van der Waals surface area contributed by atoms with Gasteiger partial charge in [-0.25, -0.2) is 0 Å². The van der Waals surface area contributed by atoms with E-state index in [4.69, 9.17) is 11.6 Å². The maximum absolute atomic E-state index is 6.14. The maximum atomic E-state index is 6.14. The van der Waals surface area contributed by atoms with Crippen molar-refractivity contribution in [1.29, 1.82) is 0 Å². The van der Waals surface area contributed by atoms with E-state index in [1.807, 2.05) is 0 Å². The summed E-state index contributed by atoms with van der Waals surface area (Å²) in [7, 11) is 0. The summed E-state index contributed by atoms with van der Waals surface area (Å²) in [5.74, 6) is 0.793. The number of hydrogen-bond acceptors (Lipinski definition) is 1. The van der Waals surface area contributed by atoms with Crippen molar-refractivity contribution in [3.05, 3.63) is 34.9 Å². The summed E-state index contributed by atoms with van der Waals surface area (Å²) in [5, 5.41) is 4.02. The summed E-state index contributed by atoms with van der Waals surface area (Å²) < 4.78 is 0. The van der Waals surface area contributed by atoms with Gasteiger partial charge in [-0.3, -0.25) is 0 Å². The van der Waals surface area contributed by atoms with Gasteiger partial charge in [0.1, 0.15) is 0 Å². The zero-order chi connectivity index (χ0) is 12.4. The van der Waals surface area contributed by atoms with Crippen LogP contribution >= 0.6 is 11.6 Å². The first-order valence-electron chi connectivity index (χ1n) is 7.27. The minimum absolute atomic E-state index is 0.428. The second kappa shape index (κ2) is 5.63. The zero-order valence-electron chi connectivity index (χ0n) is 10.9. The topological polar surface area (TPSA) is 12.0 Å². The molecule has 1 saturated carbocycles. The molecule has 98 valence electrons. The number of alkyl halides is 1. The van der Waals surface area contributed by atoms with Gasteiger partial charge in [0, 0.05) is 11.9 Å². The average Bonchev–Trinajstić information content (AvgIpc) is 2.97. The molecule has 18 heavy (non-hydrogen) atoms. The molecule has 0 amide bonds. The fourth-order valence-corrected chi connectivity index (χ4v) is 3.73. The number of hydrogen-bond donors (Lipinski definition) is 1. The van der Waals surface area contributed by atoms with Gasteiger partial charge in [0.15, 0.2) is 0 Å². The summed E-state index contributed by atoms with van der Waals surface area (Å²) in [5.41, 5.74) is 4.59. The van der Waals surface area contributed by atoms with Crippen LogP contribution in [-0.2, 0) is 19.4 Å². The van der Waals surface area contributed by atoms with Crippen LogP contribution in [0, 0.1) is 5.92 Å². The molecule has 2 unspecified atom stereocenters. The highest BCUT2D eigenvalue weighted by Crippen LogP contribution is 2.29. The summed E-state index contributed by atoms with van der Waals surface area (Å²) in [6.07, 6.45) is 7.59. The van der Waals surface area contributed by atoms with Gasteiger partial charge in [0.05, 0.1) is 0 Å². The Morgan fingerprint density at radius 2 is 2.06 bits per heavy atom. The Kier molecular flexibility index (Phi) is 3.91. The fraction of sp³-hybridized carbons (Fsp3) is 0.625. The van der Waals surface area contributed by atoms with E-state index in [9.17, 15) is 0 Å². The lowest BCUT2D eigenvalue weighted by molar-refractivity contribution is 0.490. The van der Waals surface area contributed by atoms with E-state index >= 15 is 0 Å². The summed E-state index contributed by atoms with van der Waals surface area (Å²) in [6, 6.07) is 7.01. The van der Waals surface area contributed by atoms with E-state index in [0.29, 0.717) is 5.38 Å². The van der Waals surface area contributed by atoms with Crippen LogP contribution in [0.15, 0.2) is 18.2 Å². The van der Waals surface area contributed by atoms with Crippen molar-refractivity contribution in [3.63, 3.8) is 0 Å². The van der Waals surface area contributed by atoms with E-state index in [1.54, 1.807) is 11.1 Å². The van der Waals surface area contributed by atoms with Gasteiger partial charge in [0.25, 0.3) is 0 Å². The van der Waals surface area contributed by atoms with Gasteiger partial charge in [-0.1, -0.05) is 18.2 Å². The molecule has 1 aromatic carbocycles. The normalized spacial score (nSPS) is 26.5. The van der Waals surface area contributed by atoms with Crippen molar-refractivity contribution < 1.29 is 0 Å². The molecule has 2 aliphatic rings. The number of halogens is 1. The molecule has 0 radical (unpaired) electrons. The standard InChI is InChI=1S/C16H22ClN/c17-16-7-5-13(9-16)11-18-10-12-4-6-14-2-1-3-15(14)8-12/h4,6,8,13,16,18H,1-3,5,7,9-11H2. The minimum Gasteiger partial charge on any atom is -0.312 e. The fourth-order valence-electron chi connectivity index (χ4n) is 3.36. The highest BCUT2D eigenvalue weighted by Gasteiger charge is 2.22. The van der Waals surface area contributed by atoms with Crippen molar-refractivity contribution in [1.82, 2.24) is 5.32 Å². The van der Waals surface area contributed by atoms with Gasteiger partial charge >= 0.3 is 0 Å². The second-order valence-electron chi connectivity index (χ2n) is 5.86. The molecule has 1 N–H and O–H groups in total. The van der Waals surface area contributed by atoms with Gasteiger partial charge < -0.3 is 5.32 Å². The quantitative estimate of drug-likeness (QED) is 0.818. The molecule has 1 aromatic rings. The van der Waals surface area contributed by atoms with Crippen LogP contribution in [0.3, 0.4) is 0 Å². The number of aryl methyl sites for hydroxylation is 2. The van der Waals surface area contributed by atoms with Crippen LogP contribution in [-0.4, -0.2) is 11.9 Å². The Balaban J connectivity index is 1.48. The highest BCUT2D eigenvalue weighted by atomic mass is 35.5. The molecule has 3 rings (SSSR count). The van der Waals surface area contributed by atoms with Gasteiger partial charge in [-0.15, -0.1) is 11.6 Å². The molecule has 2 atom stereocenters. The molecule has 0 bridgehead atoms. The van der Waals surface area contributed by atoms with Crippen molar-refractivity contribution in [2.45, 2.75) is 50.4 Å². The third-order valence-electron chi connectivity index (χ3n) is 4.40. The van der Waals surface area contributed by atoms with E-state index in [0.717, 1.165) is 19.0 Å². The molecule has 2 aliphatic carbocycles. The first-order chi connectivity index (χ1) is 8.81. The Bertz CT molecular complexity index is 416. The van der Waals surface area contributed by atoms with E-state index in [2.05, 4.69) is 23.5 Å². The Hall–Kier alpha value is -0.530. The molecular formula is C16H22ClN. The SMILES string of the molecule is ClC1CCC(CNCc2ccc3c(c2)CCC3)C1. The number of fused-ring (bicyclic) bond motifs is 1. The third kappa shape index (κ3) is 2.89. The molecule has 1 nitrogen and oxygen atoms in total. The van der Waals surface area contributed by atoms with Crippen molar-refractivity contribution in [2.24, 2.45) is 5.92 Å². The molecule has 0 heterocycles. The van der Waals surface area contributed by atoms with Crippen LogP contribution in [0.2, 0.25) is 0 Å². The third-order valence-corrected chi connectivity index (χ3v) is 4.80. The van der Waals surface area contributed by atoms with Crippen molar-refractivity contribution >= 4 is 11.6 Å². The second-order valence-corrected chi connectivity index (χ2v) is 6.48. The predicted octanol–water partition coefficient (Wildman–Crippen LogP) is 3.67. The number of nitrogens with one attached hydrogen (secondary N) is 1. The Morgan fingerprint density at radius 1 is 1.17 bits per heavy atom. The Labute approximate surface area is 115 Å². The lowest BCUT2D eigenvalue weighted by atomic mass is 10.1.